The summed E-state index contributed by atoms with van der Waals surface area (Å²) in [6, 6.07) is 5.41. The van der Waals surface area contributed by atoms with Crippen LogP contribution in [-0.4, -0.2) is 95.7 Å². The van der Waals surface area contributed by atoms with E-state index in [-0.39, 0.29) is 50.5 Å². The molecule has 4 amide bonds. The van der Waals surface area contributed by atoms with Crippen molar-refractivity contribution in [3.63, 3.8) is 0 Å². The number of carbonyl (C=O) groups is 4. The first-order valence-electron chi connectivity index (χ1n) is 15.0. The van der Waals surface area contributed by atoms with Gasteiger partial charge in [0.2, 0.25) is 17.7 Å². The summed E-state index contributed by atoms with van der Waals surface area (Å²) in [5, 5.41) is 13.3. The fourth-order valence-electron chi connectivity index (χ4n) is 5.54. The number of benzene rings is 1. The van der Waals surface area contributed by atoms with Gasteiger partial charge in [-0.15, -0.1) is 0 Å². The van der Waals surface area contributed by atoms with Gasteiger partial charge < -0.3 is 29.9 Å². The zero-order valence-corrected chi connectivity index (χ0v) is 25.8. The van der Waals surface area contributed by atoms with Gasteiger partial charge in [-0.25, -0.2) is 0 Å². The Balaban J connectivity index is 1.62. The van der Waals surface area contributed by atoms with E-state index in [2.05, 4.69) is 34.7 Å². The Morgan fingerprint density at radius 1 is 1.07 bits per heavy atom. The number of hydrogen-bond donors (Lipinski definition) is 3. The highest BCUT2D eigenvalue weighted by atomic mass is 16.5. The van der Waals surface area contributed by atoms with Crippen LogP contribution in [-0.2, 0) is 43.3 Å². The van der Waals surface area contributed by atoms with Gasteiger partial charge in [-0.2, -0.15) is 5.10 Å². The van der Waals surface area contributed by atoms with Crippen LogP contribution in [0.5, 0.6) is 5.75 Å². The lowest BCUT2D eigenvalue weighted by Gasteiger charge is -2.32. The highest BCUT2D eigenvalue weighted by Gasteiger charge is 2.33. The van der Waals surface area contributed by atoms with Gasteiger partial charge in [0.15, 0.2) is 6.61 Å². The van der Waals surface area contributed by atoms with Gasteiger partial charge in [-0.05, 0) is 36.0 Å². The Kier molecular flexibility index (Phi) is 10.8. The van der Waals surface area contributed by atoms with Crippen LogP contribution < -0.4 is 15.4 Å². The quantitative estimate of drug-likeness (QED) is 0.411. The molecule has 3 N–H and O–H groups in total. The number of amides is 4. The number of ether oxygens (including phenoxy) is 2. The van der Waals surface area contributed by atoms with Gasteiger partial charge in [0.05, 0.1) is 18.8 Å². The number of nitrogens with one attached hydrogen (secondary N) is 3. The lowest BCUT2D eigenvalue weighted by molar-refractivity contribution is -0.142. The summed E-state index contributed by atoms with van der Waals surface area (Å²) in [5.41, 5.74) is 3.84. The van der Waals surface area contributed by atoms with Gasteiger partial charge >= 0.3 is 0 Å². The molecule has 0 saturated carbocycles. The number of hydrogen-bond acceptors (Lipinski definition) is 7. The fourth-order valence-corrected chi connectivity index (χ4v) is 5.54. The molecule has 3 aliphatic heterocycles. The maximum atomic E-state index is 14.0. The van der Waals surface area contributed by atoms with Crippen molar-refractivity contribution < 1.29 is 28.7 Å². The molecule has 1 aromatic heterocycles. The largest absolute Gasteiger partial charge is 0.484 e. The standard InChI is InChI=1S/C31H44N6O6/c1-19(2)14-25-30(40)37(12-13-42-5)17-27(38)32-26(15-21-6-8-22(9-7-21)43-18-28(39)33-25)31(41)36-11-10-24-23(16-36)29(20(3)4)35-34-24/h6-9,19-20,25-26H,10-18H2,1-5H3,(H,32,38)(H,33,39)(H,34,35)/t25-,26+/m0/s1. The van der Waals surface area contributed by atoms with Crippen LogP contribution in [0.4, 0.5) is 0 Å². The molecule has 43 heavy (non-hydrogen) atoms. The number of aromatic amines is 1. The van der Waals surface area contributed by atoms with E-state index in [1.165, 1.54) is 12.0 Å². The van der Waals surface area contributed by atoms with Gasteiger partial charge in [0.1, 0.15) is 17.8 Å². The molecule has 12 heteroatoms. The maximum Gasteiger partial charge on any atom is 0.258 e. The van der Waals surface area contributed by atoms with Crippen molar-refractivity contribution in [2.45, 2.75) is 71.5 Å². The van der Waals surface area contributed by atoms with Gasteiger partial charge in [-0.1, -0.05) is 39.8 Å². The van der Waals surface area contributed by atoms with E-state index in [1.54, 1.807) is 17.0 Å². The fraction of sp³-hybridized carbons (Fsp3) is 0.581. The number of rotatable bonds is 7. The minimum atomic E-state index is -0.853. The van der Waals surface area contributed by atoms with Crippen LogP contribution in [0.3, 0.4) is 0 Å². The van der Waals surface area contributed by atoms with Gasteiger partial charge in [0.25, 0.3) is 5.91 Å². The summed E-state index contributed by atoms with van der Waals surface area (Å²) >= 11 is 0. The summed E-state index contributed by atoms with van der Waals surface area (Å²) < 4.78 is 10.9. The summed E-state index contributed by atoms with van der Waals surface area (Å²) in [5.74, 6) is -0.694. The van der Waals surface area contributed by atoms with E-state index in [0.717, 1.165) is 22.5 Å². The number of carbonyl (C=O) groups excluding carboxylic acids is 4. The molecule has 0 radical (unpaired) electrons. The first kappa shape index (κ1) is 32.0. The zero-order chi connectivity index (χ0) is 31.1. The Bertz CT molecular complexity index is 1290. The molecule has 4 heterocycles. The predicted molar refractivity (Wildman–Crippen MR) is 159 cm³/mol. The minimum Gasteiger partial charge on any atom is -0.484 e. The zero-order valence-electron chi connectivity index (χ0n) is 25.8. The first-order chi connectivity index (χ1) is 20.5. The second-order valence-corrected chi connectivity index (χ2v) is 12.0. The van der Waals surface area contributed by atoms with Gasteiger partial charge in [-0.3, -0.25) is 24.3 Å². The van der Waals surface area contributed by atoms with Crippen LogP contribution in [0.25, 0.3) is 0 Å². The second-order valence-electron chi connectivity index (χ2n) is 12.0. The molecule has 0 spiro atoms. The Morgan fingerprint density at radius 3 is 2.49 bits per heavy atom. The molecule has 3 aliphatic rings. The molecule has 2 atom stereocenters. The van der Waals surface area contributed by atoms with Crippen molar-refractivity contribution in [1.82, 2.24) is 30.6 Å². The van der Waals surface area contributed by atoms with Gasteiger partial charge in [0, 0.05) is 50.8 Å². The average molecular weight is 597 g/mol. The molecule has 2 aromatic rings. The number of H-pyrrole nitrogens is 1. The molecule has 0 unspecified atom stereocenters. The Labute approximate surface area is 252 Å². The van der Waals surface area contributed by atoms with Crippen molar-refractivity contribution in [2.75, 3.05) is 40.0 Å². The number of methoxy groups -OCH3 is 1. The number of nitrogens with zero attached hydrogens (tertiary/aromatic N) is 3. The normalized spacial score (nSPS) is 20.2. The van der Waals surface area contributed by atoms with Crippen molar-refractivity contribution in [3.8, 4) is 5.75 Å². The Hall–Kier alpha value is -3.93. The third-order valence-electron chi connectivity index (χ3n) is 7.74. The predicted octanol–water partition coefficient (Wildman–Crippen LogP) is 1.54. The Morgan fingerprint density at radius 2 is 1.81 bits per heavy atom. The molecular formula is C31H44N6O6. The van der Waals surface area contributed by atoms with E-state index >= 15 is 0 Å². The summed E-state index contributed by atoms with van der Waals surface area (Å²) in [6.07, 6.45) is 1.28. The topological polar surface area (TPSA) is 146 Å². The van der Waals surface area contributed by atoms with E-state index in [1.807, 2.05) is 26.0 Å². The second kappa shape index (κ2) is 14.5. The SMILES string of the molecule is COCCN1CC(=O)N[C@@H](C(=O)N2CCc3[nH]nc(C(C)C)c3C2)Cc2ccc(cc2)OCC(=O)N[C@@H](CC(C)C)C1=O. The van der Waals surface area contributed by atoms with Crippen molar-refractivity contribution in [3.05, 3.63) is 46.8 Å². The molecular weight excluding hydrogens is 552 g/mol. The monoisotopic (exact) mass is 596 g/mol. The van der Waals surface area contributed by atoms with E-state index in [4.69, 9.17) is 9.47 Å². The van der Waals surface area contributed by atoms with E-state index < -0.39 is 29.8 Å². The summed E-state index contributed by atoms with van der Waals surface area (Å²) in [6.45, 7) is 8.77. The third kappa shape index (κ3) is 8.34. The lowest BCUT2D eigenvalue weighted by atomic mass is 9.98. The smallest absolute Gasteiger partial charge is 0.258 e. The summed E-state index contributed by atoms with van der Waals surface area (Å²) in [7, 11) is 1.51. The maximum absolute atomic E-state index is 14.0. The first-order valence-corrected chi connectivity index (χ1v) is 15.0. The highest BCUT2D eigenvalue weighted by Crippen LogP contribution is 2.26. The summed E-state index contributed by atoms with van der Waals surface area (Å²) in [4.78, 5) is 57.0. The molecule has 5 rings (SSSR count). The van der Waals surface area contributed by atoms with Crippen LogP contribution in [0.1, 0.15) is 62.5 Å². The lowest BCUT2D eigenvalue weighted by Crippen LogP contribution is -2.55. The van der Waals surface area contributed by atoms with Crippen LogP contribution >= 0.6 is 0 Å². The third-order valence-corrected chi connectivity index (χ3v) is 7.74. The number of fused-ring (bicyclic) bond motifs is 14. The molecule has 1 aromatic carbocycles. The molecule has 2 bridgehead atoms. The molecule has 0 saturated heterocycles. The molecule has 234 valence electrons. The van der Waals surface area contributed by atoms with Crippen molar-refractivity contribution in [1.29, 1.82) is 0 Å². The number of aromatic nitrogens is 2. The minimum absolute atomic E-state index is 0.102. The molecule has 0 fully saturated rings. The van der Waals surface area contributed by atoms with Crippen molar-refractivity contribution >= 4 is 23.6 Å². The van der Waals surface area contributed by atoms with Crippen molar-refractivity contribution in [2.24, 2.45) is 5.92 Å². The average Bonchev–Trinajstić information content (AvgIpc) is 3.40. The van der Waals surface area contributed by atoms with Crippen LogP contribution in [0, 0.1) is 5.92 Å². The van der Waals surface area contributed by atoms with E-state index in [0.29, 0.717) is 31.7 Å². The van der Waals surface area contributed by atoms with E-state index in [9.17, 15) is 19.2 Å². The molecule has 0 aliphatic carbocycles. The highest BCUT2D eigenvalue weighted by molar-refractivity contribution is 5.93. The molecule has 12 nitrogen and oxygen atoms in total. The van der Waals surface area contributed by atoms with Crippen LogP contribution in [0.15, 0.2) is 24.3 Å². The van der Waals surface area contributed by atoms with Crippen LogP contribution in [0.2, 0.25) is 0 Å².